The fourth-order valence-corrected chi connectivity index (χ4v) is 2.82. The summed E-state index contributed by atoms with van der Waals surface area (Å²) >= 11 is 0. The first-order valence-corrected chi connectivity index (χ1v) is 9.63. The van der Waals surface area contributed by atoms with Crippen LogP contribution in [0.2, 0.25) is 0 Å². The van der Waals surface area contributed by atoms with Crippen molar-refractivity contribution in [3.05, 3.63) is 108 Å². The molecule has 0 unspecified atom stereocenters. The maximum absolute atomic E-state index is 6.16. The summed E-state index contributed by atoms with van der Waals surface area (Å²) in [7, 11) is 0. The maximum atomic E-state index is 6.16. The highest BCUT2D eigenvalue weighted by Gasteiger charge is 2.14. The first-order valence-electron chi connectivity index (χ1n) is 9.63. The molecule has 0 radical (unpaired) electrons. The molecule has 0 N–H and O–H groups in total. The van der Waals surface area contributed by atoms with Crippen LogP contribution in [0, 0.1) is 0 Å². The van der Waals surface area contributed by atoms with Gasteiger partial charge in [0, 0.05) is 5.71 Å². The second-order valence-electron chi connectivity index (χ2n) is 6.73. The van der Waals surface area contributed by atoms with Gasteiger partial charge in [0.2, 0.25) is 0 Å². The fraction of sp³-hybridized carbons (Fsp3) is 0.240. The quantitative estimate of drug-likeness (QED) is 0.443. The van der Waals surface area contributed by atoms with Crippen LogP contribution in [0.3, 0.4) is 0 Å². The third-order valence-electron chi connectivity index (χ3n) is 4.49. The van der Waals surface area contributed by atoms with Gasteiger partial charge in [-0.3, -0.25) is 4.99 Å². The van der Waals surface area contributed by atoms with Crippen molar-refractivity contribution in [1.29, 1.82) is 0 Å². The van der Waals surface area contributed by atoms with Crippen molar-refractivity contribution in [2.45, 2.75) is 32.8 Å². The van der Waals surface area contributed by atoms with Gasteiger partial charge in [0.1, 0.15) is 6.10 Å². The molecule has 3 rings (SSSR count). The van der Waals surface area contributed by atoms with Crippen molar-refractivity contribution in [3.8, 4) is 0 Å². The molecule has 3 heteroatoms. The van der Waals surface area contributed by atoms with E-state index in [1.165, 1.54) is 5.56 Å². The molecule has 3 nitrogen and oxygen atoms in total. The van der Waals surface area contributed by atoms with E-state index >= 15 is 0 Å². The molecule has 0 aliphatic rings. The zero-order valence-corrected chi connectivity index (χ0v) is 16.3. The van der Waals surface area contributed by atoms with Crippen LogP contribution in [0.15, 0.2) is 96.0 Å². The summed E-state index contributed by atoms with van der Waals surface area (Å²) in [5.74, 6) is 0. The van der Waals surface area contributed by atoms with Crippen molar-refractivity contribution < 1.29 is 9.47 Å². The standard InChI is InChI=1S/C25H27NO2/c1-21(26-17-22-11-5-2-6-12-22)25(28-19-24-15-9-4-10-16-24)20-27-18-23-13-7-3-8-14-23/h2-16,25H,17-20H2,1H3/t25-/m1/s1. The summed E-state index contributed by atoms with van der Waals surface area (Å²) in [6.45, 7) is 4.25. The minimum Gasteiger partial charge on any atom is -0.374 e. The topological polar surface area (TPSA) is 30.8 Å². The molecule has 0 aromatic heterocycles. The molecule has 0 bridgehead atoms. The van der Waals surface area contributed by atoms with E-state index in [0.717, 1.165) is 16.8 Å². The van der Waals surface area contributed by atoms with Gasteiger partial charge in [0.05, 0.1) is 26.4 Å². The third kappa shape index (κ3) is 6.76. The third-order valence-corrected chi connectivity index (χ3v) is 4.49. The van der Waals surface area contributed by atoms with Crippen LogP contribution in [0.1, 0.15) is 23.6 Å². The van der Waals surface area contributed by atoms with E-state index in [-0.39, 0.29) is 6.10 Å². The summed E-state index contributed by atoms with van der Waals surface area (Å²) in [5.41, 5.74) is 4.44. The van der Waals surface area contributed by atoms with Crippen molar-refractivity contribution in [3.63, 3.8) is 0 Å². The van der Waals surface area contributed by atoms with E-state index in [4.69, 9.17) is 14.5 Å². The number of nitrogens with zero attached hydrogens (tertiary/aromatic N) is 1. The van der Waals surface area contributed by atoms with Gasteiger partial charge in [-0.1, -0.05) is 91.0 Å². The van der Waals surface area contributed by atoms with E-state index in [9.17, 15) is 0 Å². The SMILES string of the molecule is CC(=NCc1ccccc1)[C@@H](COCc1ccccc1)OCc1ccccc1. The molecule has 0 amide bonds. The molecule has 0 aliphatic heterocycles. The van der Waals surface area contributed by atoms with Gasteiger partial charge in [-0.15, -0.1) is 0 Å². The highest BCUT2D eigenvalue weighted by molar-refractivity contribution is 5.86. The number of rotatable bonds is 10. The minimum absolute atomic E-state index is 0.173. The lowest BCUT2D eigenvalue weighted by Crippen LogP contribution is -2.28. The zero-order chi connectivity index (χ0) is 19.4. The van der Waals surface area contributed by atoms with Crippen LogP contribution < -0.4 is 0 Å². The van der Waals surface area contributed by atoms with Crippen molar-refractivity contribution in [2.75, 3.05) is 6.61 Å². The molecule has 0 fully saturated rings. The van der Waals surface area contributed by atoms with Gasteiger partial charge in [-0.25, -0.2) is 0 Å². The van der Waals surface area contributed by atoms with Crippen LogP contribution in [-0.2, 0) is 29.2 Å². The largest absolute Gasteiger partial charge is 0.374 e. The predicted octanol–water partition coefficient (Wildman–Crippen LogP) is 5.45. The first-order chi connectivity index (χ1) is 13.8. The Labute approximate surface area is 167 Å². The normalized spacial score (nSPS) is 12.7. The summed E-state index contributed by atoms with van der Waals surface area (Å²) in [6, 6.07) is 30.6. The van der Waals surface area contributed by atoms with Crippen molar-refractivity contribution in [1.82, 2.24) is 0 Å². The second-order valence-corrected chi connectivity index (χ2v) is 6.73. The predicted molar refractivity (Wildman–Crippen MR) is 114 cm³/mol. The molecule has 3 aromatic rings. The fourth-order valence-electron chi connectivity index (χ4n) is 2.82. The monoisotopic (exact) mass is 373 g/mol. The molecule has 144 valence electrons. The Bertz CT molecular complexity index is 832. The second kappa shape index (κ2) is 11.2. The molecule has 28 heavy (non-hydrogen) atoms. The van der Waals surface area contributed by atoms with E-state index in [2.05, 4.69) is 36.4 Å². The van der Waals surface area contributed by atoms with E-state index in [1.54, 1.807) is 0 Å². The number of aliphatic imine (C=N–C) groups is 1. The van der Waals surface area contributed by atoms with Gasteiger partial charge in [-0.05, 0) is 23.6 Å². The lowest BCUT2D eigenvalue weighted by Gasteiger charge is -2.18. The van der Waals surface area contributed by atoms with E-state index in [0.29, 0.717) is 26.4 Å². The van der Waals surface area contributed by atoms with E-state index in [1.807, 2.05) is 61.5 Å². The lowest BCUT2D eigenvalue weighted by molar-refractivity contribution is 0.00392. The summed E-state index contributed by atoms with van der Waals surface area (Å²) in [4.78, 5) is 4.74. The Morgan fingerprint density at radius 2 is 1.21 bits per heavy atom. The average Bonchev–Trinajstić information content (AvgIpc) is 2.76. The number of benzene rings is 3. The van der Waals surface area contributed by atoms with Crippen molar-refractivity contribution >= 4 is 5.71 Å². The Morgan fingerprint density at radius 3 is 1.79 bits per heavy atom. The van der Waals surface area contributed by atoms with Crippen LogP contribution in [0.25, 0.3) is 0 Å². The van der Waals surface area contributed by atoms with Crippen LogP contribution >= 0.6 is 0 Å². The molecule has 3 aromatic carbocycles. The number of ether oxygens (including phenoxy) is 2. The van der Waals surface area contributed by atoms with E-state index < -0.39 is 0 Å². The van der Waals surface area contributed by atoms with Crippen LogP contribution in [0.4, 0.5) is 0 Å². The van der Waals surface area contributed by atoms with Gasteiger partial charge >= 0.3 is 0 Å². The molecule has 0 heterocycles. The van der Waals surface area contributed by atoms with Crippen LogP contribution in [-0.4, -0.2) is 18.4 Å². The molecular weight excluding hydrogens is 346 g/mol. The van der Waals surface area contributed by atoms with Crippen LogP contribution in [0.5, 0.6) is 0 Å². The summed E-state index contributed by atoms with van der Waals surface area (Å²) in [5, 5.41) is 0. The number of hydrogen-bond acceptors (Lipinski definition) is 3. The highest BCUT2D eigenvalue weighted by atomic mass is 16.5. The molecule has 1 atom stereocenters. The first kappa shape index (κ1) is 20.0. The average molecular weight is 373 g/mol. The molecule has 0 saturated carbocycles. The van der Waals surface area contributed by atoms with Gasteiger partial charge in [-0.2, -0.15) is 0 Å². The Balaban J connectivity index is 1.60. The zero-order valence-electron chi connectivity index (χ0n) is 16.3. The molecule has 0 saturated heterocycles. The van der Waals surface area contributed by atoms with Gasteiger partial charge in [0.25, 0.3) is 0 Å². The Morgan fingerprint density at radius 1 is 0.714 bits per heavy atom. The Hall–Kier alpha value is -2.75. The van der Waals surface area contributed by atoms with Gasteiger partial charge in [0.15, 0.2) is 0 Å². The maximum Gasteiger partial charge on any atom is 0.119 e. The smallest absolute Gasteiger partial charge is 0.119 e. The lowest BCUT2D eigenvalue weighted by atomic mass is 10.2. The molecule has 0 aliphatic carbocycles. The Kier molecular flexibility index (Phi) is 7.98. The van der Waals surface area contributed by atoms with Crippen molar-refractivity contribution in [2.24, 2.45) is 4.99 Å². The molecule has 0 spiro atoms. The molecular formula is C25H27NO2. The summed E-state index contributed by atoms with van der Waals surface area (Å²) in [6.07, 6.45) is -0.173. The number of hydrogen-bond donors (Lipinski definition) is 0. The minimum atomic E-state index is -0.173. The summed E-state index contributed by atoms with van der Waals surface area (Å²) < 4.78 is 12.1. The highest BCUT2D eigenvalue weighted by Crippen LogP contribution is 2.09. The van der Waals surface area contributed by atoms with Gasteiger partial charge < -0.3 is 9.47 Å².